The molecule has 2 heterocycles. The van der Waals surface area contributed by atoms with Crippen molar-refractivity contribution in [1.82, 2.24) is 10.9 Å². The van der Waals surface area contributed by atoms with E-state index in [1.54, 1.807) is 24.3 Å². The van der Waals surface area contributed by atoms with Crippen molar-refractivity contribution in [3.05, 3.63) is 51.2 Å². The molecule has 2 aromatic rings. The van der Waals surface area contributed by atoms with E-state index in [0.717, 1.165) is 38.7 Å². The fourth-order valence-corrected chi connectivity index (χ4v) is 4.50. The van der Waals surface area contributed by atoms with Gasteiger partial charge in [0.05, 0.1) is 11.0 Å². The van der Waals surface area contributed by atoms with Crippen LogP contribution in [-0.2, 0) is 17.6 Å². The van der Waals surface area contributed by atoms with Crippen molar-refractivity contribution in [1.29, 1.82) is 0 Å². The Morgan fingerprint density at radius 3 is 2.67 bits per heavy atom. The standard InChI is InChI=1S/C20H22N2O4S/c23-19(21-22-20(24)18-11-14-3-1-5-17(14)27-18)13-6-8-15(9-7-13)26-12-16-4-2-10-25-16/h6-9,11,16H,1-5,10,12H2,(H,21,23)(H,22,24). The van der Waals surface area contributed by atoms with Crippen LogP contribution in [0.15, 0.2) is 30.3 Å². The van der Waals surface area contributed by atoms with Gasteiger partial charge in [-0.1, -0.05) is 0 Å². The molecule has 1 fully saturated rings. The van der Waals surface area contributed by atoms with E-state index in [0.29, 0.717) is 22.8 Å². The Morgan fingerprint density at radius 1 is 1.11 bits per heavy atom. The van der Waals surface area contributed by atoms with Crippen LogP contribution < -0.4 is 15.6 Å². The highest BCUT2D eigenvalue weighted by atomic mass is 32.1. The van der Waals surface area contributed by atoms with Crippen LogP contribution in [0.2, 0.25) is 0 Å². The minimum Gasteiger partial charge on any atom is -0.491 e. The molecule has 27 heavy (non-hydrogen) atoms. The molecule has 2 amide bonds. The summed E-state index contributed by atoms with van der Waals surface area (Å²) in [6.07, 6.45) is 5.49. The van der Waals surface area contributed by atoms with Gasteiger partial charge in [0.25, 0.3) is 11.8 Å². The summed E-state index contributed by atoms with van der Waals surface area (Å²) in [6.45, 7) is 1.32. The average Bonchev–Trinajstić information content (AvgIpc) is 3.41. The predicted octanol–water partition coefficient (Wildman–Crippen LogP) is 2.87. The van der Waals surface area contributed by atoms with Crippen LogP contribution in [-0.4, -0.2) is 31.1 Å². The van der Waals surface area contributed by atoms with Crippen LogP contribution >= 0.6 is 11.3 Å². The molecule has 1 atom stereocenters. The number of rotatable bonds is 5. The normalized spacial score (nSPS) is 18.1. The molecule has 0 spiro atoms. The number of thiophene rings is 1. The lowest BCUT2D eigenvalue weighted by atomic mass is 10.2. The quantitative estimate of drug-likeness (QED) is 0.775. The molecular formula is C20H22N2O4S. The van der Waals surface area contributed by atoms with Crippen molar-refractivity contribution in [2.45, 2.75) is 38.2 Å². The molecule has 1 aromatic carbocycles. The molecule has 7 heteroatoms. The highest BCUT2D eigenvalue weighted by Gasteiger charge is 2.19. The van der Waals surface area contributed by atoms with E-state index in [2.05, 4.69) is 10.9 Å². The smallest absolute Gasteiger partial charge is 0.279 e. The lowest BCUT2D eigenvalue weighted by Crippen LogP contribution is -2.41. The topological polar surface area (TPSA) is 76.7 Å². The summed E-state index contributed by atoms with van der Waals surface area (Å²) in [5.41, 5.74) is 6.66. The first-order chi connectivity index (χ1) is 13.2. The maximum absolute atomic E-state index is 12.2. The molecule has 4 rings (SSSR count). The number of carbonyl (C=O) groups excluding carboxylic acids is 2. The molecule has 142 valence electrons. The van der Waals surface area contributed by atoms with Crippen LogP contribution in [0, 0.1) is 0 Å². The van der Waals surface area contributed by atoms with Crippen LogP contribution in [0.3, 0.4) is 0 Å². The molecule has 0 saturated carbocycles. The first kappa shape index (κ1) is 18.0. The van der Waals surface area contributed by atoms with Crippen LogP contribution in [0.5, 0.6) is 5.75 Å². The minimum absolute atomic E-state index is 0.154. The maximum atomic E-state index is 12.2. The highest BCUT2D eigenvalue weighted by Crippen LogP contribution is 2.30. The summed E-state index contributed by atoms with van der Waals surface area (Å²) in [6, 6.07) is 8.76. The number of benzene rings is 1. The van der Waals surface area contributed by atoms with Crippen molar-refractivity contribution in [3.63, 3.8) is 0 Å². The Labute approximate surface area is 161 Å². The summed E-state index contributed by atoms with van der Waals surface area (Å²) in [5.74, 6) is 0.0524. The maximum Gasteiger partial charge on any atom is 0.279 e. The number of hydrogen-bond acceptors (Lipinski definition) is 5. The Kier molecular flexibility index (Phi) is 5.40. The molecule has 1 aliphatic carbocycles. The molecule has 1 aliphatic heterocycles. The fraction of sp³-hybridized carbons (Fsp3) is 0.400. The van der Waals surface area contributed by atoms with Crippen molar-refractivity contribution < 1.29 is 19.1 Å². The van der Waals surface area contributed by atoms with Gasteiger partial charge in [-0.2, -0.15) is 0 Å². The lowest BCUT2D eigenvalue weighted by Gasteiger charge is -2.12. The van der Waals surface area contributed by atoms with E-state index in [4.69, 9.17) is 9.47 Å². The first-order valence-corrected chi connectivity index (χ1v) is 10.1. The second-order valence-electron chi connectivity index (χ2n) is 6.79. The molecule has 1 saturated heterocycles. The van der Waals surface area contributed by atoms with Gasteiger partial charge >= 0.3 is 0 Å². The van der Waals surface area contributed by atoms with E-state index in [-0.39, 0.29) is 17.9 Å². The van der Waals surface area contributed by atoms with Crippen LogP contribution in [0.1, 0.15) is 49.7 Å². The number of nitrogens with one attached hydrogen (secondary N) is 2. The summed E-state index contributed by atoms with van der Waals surface area (Å²) in [7, 11) is 0. The summed E-state index contributed by atoms with van der Waals surface area (Å²) in [4.78, 5) is 26.3. The zero-order valence-corrected chi connectivity index (χ0v) is 15.8. The van der Waals surface area contributed by atoms with Crippen molar-refractivity contribution >= 4 is 23.2 Å². The zero-order valence-electron chi connectivity index (χ0n) is 15.0. The van der Waals surface area contributed by atoms with E-state index in [1.807, 2.05) is 6.07 Å². The predicted molar refractivity (Wildman–Crippen MR) is 102 cm³/mol. The third-order valence-electron chi connectivity index (χ3n) is 4.84. The third-order valence-corrected chi connectivity index (χ3v) is 6.07. The molecule has 0 bridgehead atoms. The third kappa shape index (κ3) is 4.31. The lowest BCUT2D eigenvalue weighted by molar-refractivity contribution is 0.0679. The van der Waals surface area contributed by atoms with Gasteiger partial charge in [0.1, 0.15) is 12.4 Å². The van der Waals surface area contributed by atoms with Crippen LogP contribution in [0.4, 0.5) is 0 Å². The van der Waals surface area contributed by atoms with Gasteiger partial charge in [0, 0.05) is 17.0 Å². The van der Waals surface area contributed by atoms with E-state index in [1.165, 1.54) is 21.8 Å². The number of aryl methyl sites for hydroxylation is 2. The van der Waals surface area contributed by atoms with Gasteiger partial charge in [-0.25, -0.2) is 0 Å². The molecule has 2 aliphatic rings. The number of fused-ring (bicyclic) bond motifs is 1. The molecule has 6 nitrogen and oxygen atoms in total. The monoisotopic (exact) mass is 386 g/mol. The molecular weight excluding hydrogens is 364 g/mol. The molecule has 1 unspecified atom stereocenters. The Balaban J connectivity index is 1.26. The van der Waals surface area contributed by atoms with Gasteiger partial charge in [-0.15, -0.1) is 11.3 Å². The Morgan fingerprint density at radius 2 is 1.93 bits per heavy atom. The summed E-state index contributed by atoms with van der Waals surface area (Å²) < 4.78 is 11.2. The second-order valence-corrected chi connectivity index (χ2v) is 7.93. The average molecular weight is 386 g/mol. The van der Waals surface area contributed by atoms with Gasteiger partial charge in [0.2, 0.25) is 0 Å². The van der Waals surface area contributed by atoms with Gasteiger partial charge in [-0.05, 0) is 68.0 Å². The van der Waals surface area contributed by atoms with E-state index in [9.17, 15) is 9.59 Å². The first-order valence-electron chi connectivity index (χ1n) is 9.26. The number of hydrazine groups is 1. The number of carbonyl (C=O) groups is 2. The van der Waals surface area contributed by atoms with Gasteiger partial charge in [0.15, 0.2) is 0 Å². The fourth-order valence-electron chi connectivity index (χ4n) is 3.36. The zero-order chi connectivity index (χ0) is 18.6. The van der Waals surface area contributed by atoms with E-state index >= 15 is 0 Å². The molecule has 0 radical (unpaired) electrons. The second kappa shape index (κ2) is 8.10. The van der Waals surface area contributed by atoms with Gasteiger partial charge < -0.3 is 9.47 Å². The van der Waals surface area contributed by atoms with Crippen molar-refractivity contribution in [2.24, 2.45) is 0 Å². The van der Waals surface area contributed by atoms with Gasteiger partial charge in [-0.3, -0.25) is 20.4 Å². The summed E-state index contributed by atoms with van der Waals surface area (Å²) >= 11 is 1.51. The largest absolute Gasteiger partial charge is 0.491 e. The van der Waals surface area contributed by atoms with Crippen LogP contribution in [0.25, 0.3) is 0 Å². The molecule has 1 aromatic heterocycles. The number of hydrogen-bond donors (Lipinski definition) is 2. The highest BCUT2D eigenvalue weighted by molar-refractivity contribution is 7.14. The van der Waals surface area contributed by atoms with Crippen molar-refractivity contribution in [2.75, 3.05) is 13.2 Å². The van der Waals surface area contributed by atoms with E-state index < -0.39 is 0 Å². The summed E-state index contributed by atoms with van der Waals surface area (Å²) in [5, 5.41) is 0. The van der Waals surface area contributed by atoms with Crippen molar-refractivity contribution in [3.8, 4) is 5.75 Å². The number of amides is 2. The minimum atomic E-state index is -0.363. The Hall–Kier alpha value is -2.38. The molecule has 2 N–H and O–H groups in total. The Bertz CT molecular complexity index is 804. The number of ether oxygens (including phenoxy) is 2. The SMILES string of the molecule is O=C(NNC(=O)c1cc2c(s1)CCC2)c1ccc(OCC2CCCO2)cc1.